The third-order valence-corrected chi connectivity index (χ3v) is 2.73. The van der Waals surface area contributed by atoms with E-state index in [2.05, 4.69) is 11.1 Å². The van der Waals surface area contributed by atoms with Gasteiger partial charge in [0, 0.05) is 6.20 Å². The van der Waals surface area contributed by atoms with Gasteiger partial charge in [-0.1, -0.05) is 17.7 Å². The fraction of sp³-hybridized carbons (Fsp3) is 0.417. The second-order valence-corrected chi connectivity index (χ2v) is 3.76. The number of hydrogen-bond donors (Lipinski definition) is 1. The van der Waals surface area contributed by atoms with Gasteiger partial charge in [0.1, 0.15) is 0 Å². The highest BCUT2D eigenvalue weighted by atomic mass is 14.8. The number of hydrogen-bond acceptors (Lipinski definition) is 2. The largest absolute Gasteiger partial charge is 0.319 e. The molecule has 14 heavy (non-hydrogen) atoms. The Labute approximate surface area is 84.9 Å². The normalized spacial score (nSPS) is 18.8. The smallest absolute Gasteiger partial charge is 0.0685 e. The number of pyridine rings is 1. The predicted octanol–water partition coefficient (Wildman–Crippen LogP) is 2.58. The highest BCUT2D eigenvalue weighted by Crippen LogP contribution is 2.26. The summed E-state index contributed by atoms with van der Waals surface area (Å²) in [5.41, 5.74) is 8.48. The van der Waals surface area contributed by atoms with E-state index in [-0.39, 0.29) is 6.04 Å². The molecule has 2 nitrogen and oxygen atoms in total. The van der Waals surface area contributed by atoms with E-state index >= 15 is 0 Å². The van der Waals surface area contributed by atoms with Gasteiger partial charge in [-0.05, 0) is 37.8 Å². The van der Waals surface area contributed by atoms with E-state index in [4.69, 9.17) is 5.73 Å². The second kappa shape index (κ2) is 4.38. The van der Waals surface area contributed by atoms with Crippen LogP contribution in [0.25, 0.3) is 0 Å². The molecule has 0 saturated heterocycles. The first kappa shape index (κ1) is 9.41. The van der Waals surface area contributed by atoms with Crippen LogP contribution in [0.3, 0.4) is 0 Å². The molecular formula is C12H16N2. The number of nitrogens with zero attached hydrogens (tertiary/aromatic N) is 1. The number of nitrogens with two attached hydrogens (primary N) is 1. The maximum Gasteiger partial charge on any atom is 0.0685 e. The maximum atomic E-state index is 6.14. The molecule has 1 aromatic heterocycles. The molecule has 0 aromatic carbocycles. The van der Waals surface area contributed by atoms with Gasteiger partial charge in [-0.25, -0.2) is 0 Å². The molecule has 0 spiro atoms. The topological polar surface area (TPSA) is 38.9 Å². The van der Waals surface area contributed by atoms with Crippen molar-refractivity contribution in [1.29, 1.82) is 0 Å². The van der Waals surface area contributed by atoms with Crippen molar-refractivity contribution in [2.75, 3.05) is 0 Å². The Kier molecular flexibility index (Phi) is 2.94. The van der Waals surface area contributed by atoms with E-state index in [1.165, 1.54) is 24.8 Å². The van der Waals surface area contributed by atoms with Crippen LogP contribution in [0.15, 0.2) is 36.0 Å². The lowest BCUT2D eigenvalue weighted by atomic mass is 9.92. The summed E-state index contributed by atoms with van der Waals surface area (Å²) in [6.45, 7) is 0. The molecule has 2 heteroatoms. The highest BCUT2D eigenvalue weighted by molar-refractivity contribution is 5.22. The van der Waals surface area contributed by atoms with Crippen molar-refractivity contribution in [3.8, 4) is 0 Å². The quantitative estimate of drug-likeness (QED) is 0.724. The Bertz CT molecular complexity index is 316. The summed E-state index contributed by atoms with van der Waals surface area (Å²) in [7, 11) is 0. The lowest BCUT2D eigenvalue weighted by molar-refractivity contribution is 0.641. The molecule has 0 fully saturated rings. The Morgan fingerprint density at radius 3 is 2.86 bits per heavy atom. The monoisotopic (exact) mass is 188 g/mol. The first-order valence-corrected chi connectivity index (χ1v) is 5.23. The molecule has 1 aliphatic carbocycles. The van der Waals surface area contributed by atoms with Crippen molar-refractivity contribution >= 4 is 0 Å². The molecule has 0 radical (unpaired) electrons. The molecule has 1 unspecified atom stereocenters. The third kappa shape index (κ3) is 2.02. The van der Waals surface area contributed by atoms with E-state index in [0.717, 1.165) is 12.1 Å². The molecule has 1 atom stereocenters. The molecule has 0 saturated carbocycles. The van der Waals surface area contributed by atoms with E-state index in [9.17, 15) is 0 Å². The van der Waals surface area contributed by atoms with Crippen LogP contribution in [0.5, 0.6) is 0 Å². The summed E-state index contributed by atoms with van der Waals surface area (Å²) < 4.78 is 0. The van der Waals surface area contributed by atoms with Crippen molar-refractivity contribution in [2.24, 2.45) is 5.73 Å². The molecule has 2 rings (SSSR count). The van der Waals surface area contributed by atoms with E-state index in [1.54, 1.807) is 6.20 Å². The van der Waals surface area contributed by atoms with Gasteiger partial charge < -0.3 is 5.73 Å². The first-order chi connectivity index (χ1) is 6.88. The van der Waals surface area contributed by atoms with Gasteiger partial charge in [0.2, 0.25) is 0 Å². The molecule has 1 aliphatic rings. The molecule has 0 aliphatic heterocycles. The lowest BCUT2D eigenvalue weighted by Gasteiger charge is -2.18. The standard InChI is InChI=1S/C12H16N2/c13-12(10-6-2-1-3-7-10)11-8-4-5-9-14-11/h4-6,8-9,12H,1-3,7,13H2. The fourth-order valence-corrected chi connectivity index (χ4v) is 1.90. The minimum absolute atomic E-state index is 0.0106. The fourth-order valence-electron chi connectivity index (χ4n) is 1.90. The van der Waals surface area contributed by atoms with Gasteiger partial charge in [-0.2, -0.15) is 0 Å². The van der Waals surface area contributed by atoms with Crippen LogP contribution >= 0.6 is 0 Å². The lowest BCUT2D eigenvalue weighted by Crippen LogP contribution is -2.16. The van der Waals surface area contributed by atoms with Gasteiger partial charge in [-0.3, -0.25) is 4.98 Å². The summed E-state index contributed by atoms with van der Waals surface area (Å²) in [5, 5.41) is 0. The summed E-state index contributed by atoms with van der Waals surface area (Å²) in [6.07, 6.45) is 8.97. The summed E-state index contributed by atoms with van der Waals surface area (Å²) in [5.74, 6) is 0. The minimum Gasteiger partial charge on any atom is -0.319 e. The van der Waals surface area contributed by atoms with Gasteiger partial charge in [0.25, 0.3) is 0 Å². The molecule has 1 heterocycles. The molecule has 74 valence electrons. The van der Waals surface area contributed by atoms with Gasteiger partial charge in [-0.15, -0.1) is 0 Å². The summed E-state index contributed by atoms with van der Waals surface area (Å²) in [4.78, 5) is 4.29. The average molecular weight is 188 g/mol. The van der Waals surface area contributed by atoms with Crippen LogP contribution in [-0.4, -0.2) is 4.98 Å². The number of aromatic nitrogens is 1. The van der Waals surface area contributed by atoms with Crippen LogP contribution in [0.2, 0.25) is 0 Å². The van der Waals surface area contributed by atoms with Crippen LogP contribution in [0.4, 0.5) is 0 Å². The van der Waals surface area contributed by atoms with Gasteiger partial charge in [0.05, 0.1) is 11.7 Å². The third-order valence-electron chi connectivity index (χ3n) is 2.73. The number of rotatable bonds is 2. The van der Waals surface area contributed by atoms with Crippen molar-refractivity contribution in [3.05, 3.63) is 41.7 Å². The van der Waals surface area contributed by atoms with E-state index in [0.29, 0.717) is 0 Å². The van der Waals surface area contributed by atoms with Gasteiger partial charge >= 0.3 is 0 Å². The second-order valence-electron chi connectivity index (χ2n) is 3.76. The highest BCUT2D eigenvalue weighted by Gasteiger charge is 2.14. The van der Waals surface area contributed by atoms with Crippen LogP contribution in [-0.2, 0) is 0 Å². The SMILES string of the molecule is NC(C1=CCCCC1)c1ccccn1. The number of allylic oxidation sites excluding steroid dienone is 1. The van der Waals surface area contributed by atoms with Crippen LogP contribution in [0, 0.1) is 0 Å². The zero-order valence-electron chi connectivity index (χ0n) is 8.32. The Morgan fingerprint density at radius 2 is 2.21 bits per heavy atom. The predicted molar refractivity (Wildman–Crippen MR) is 57.7 cm³/mol. The minimum atomic E-state index is 0.0106. The van der Waals surface area contributed by atoms with Gasteiger partial charge in [0.15, 0.2) is 0 Å². The van der Waals surface area contributed by atoms with Crippen molar-refractivity contribution in [3.63, 3.8) is 0 Å². The maximum absolute atomic E-state index is 6.14. The van der Waals surface area contributed by atoms with E-state index in [1.807, 2.05) is 18.2 Å². The summed E-state index contributed by atoms with van der Waals surface area (Å²) in [6, 6.07) is 5.92. The zero-order valence-corrected chi connectivity index (χ0v) is 8.32. The molecule has 2 N–H and O–H groups in total. The Hall–Kier alpha value is -1.15. The molecule has 0 amide bonds. The molecule has 0 bridgehead atoms. The average Bonchev–Trinajstić information content (AvgIpc) is 2.30. The van der Waals surface area contributed by atoms with Crippen molar-refractivity contribution < 1.29 is 0 Å². The summed E-state index contributed by atoms with van der Waals surface area (Å²) >= 11 is 0. The zero-order chi connectivity index (χ0) is 9.80. The van der Waals surface area contributed by atoms with Crippen molar-refractivity contribution in [2.45, 2.75) is 31.7 Å². The molecular weight excluding hydrogens is 172 g/mol. The van der Waals surface area contributed by atoms with Crippen molar-refractivity contribution in [1.82, 2.24) is 4.98 Å². The van der Waals surface area contributed by atoms with E-state index < -0.39 is 0 Å². The first-order valence-electron chi connectivity index (χ1n) is 5.23. The Morgan fingerprint density at radius 1 is 1.29 bits per heavy atom. The van der Waals surface area contributed by atoms with Crippen LogP contribution in [0.1, 0.15) is 37.4 Å². The molecule has 1 aromatic rings. The van der Waals surface area contributed by atoms with Crippen LogP contribution < -0.4 is 5.73 Å². The Balaban J connectivity index is 2.15.